The summed E-state index contributed by atoms with van der Waals surface area (Å²) in [5.41, 5.74) is 1.34. The molecule has 0 fully saturated rings. The molecule has 1 aromatic heterocycles. The van der Waals surface area contributed by atoms with Gasteiger partial charge in [0, 0.05) is 13.1 Å². The maximum absolute atomic E-state index is 13.0. The van der Waals surface area contributed by atoms with Crippen molar-refractivity contribution in [1.82, 2.24) is 20.6 Å². The Labute approximate surface area is 229 Å². The first-order chi connectivity index (χ1) is 18.5. The quantitative estimate of drug-likeness (QED) is 0.204. The number of carbonyl (C=O) groups is 3. The topological polar surface area (TPSA) is 154 Å². The summed E-state index contributed by atoms with van der Waals surface area (Å²) in [5, 5.41) is 27.7. The van der Waals surface area contributed by atoms with E-state index in [0.29, 0.717) is 36.2 Å². The van der Waals surface area contributed by atoms with Crippen molar-refractivity contribution in [1.29, 1.82) is 0 Å². The first kappa shape index (κ1) is 29.6. The SMILES string of the molecule is CCC1CC=CC(C)(C(=O)NC[C@H](NC(=O)c2c(C)nc(NCCCc3cccc(O)c3)nc2C)C(=O)O)C1. The molecule has 0 bridgehead atoms. The smallest absolute Gasteiger partial charge is 0.328 e. The second-order valence-corrected chi connectivity index (χ2v) is 10.4. The Balaban J connectivity index is 1.57. The van der Waals surface area contributed by atoms with Crippen LogP contribution < -0.4 is 16.0 Å². The number of phenols is 1. The number of nitrogens with zero attached hydrogens (tertiary/aromatic N) is 2. The van der Waals surface area contributed by atoms with Crippen molar-refractivity contribution >= 4 is 23.7 Å². The second kappa shape index (κ2) is 13.2. The number of hydrogen-bond acceptors (Lipinski definition) is 7. The van der Waals surface area contributed by atoms with Crippen LogP contribution in [0, 0.1) is 25.2 Å². The molecule has 0 aliphatic heterocycles. The lowest BCUT2D eigenvalue weighted by Gasteiger charge is -2.32. The molecule has 1 aromatic carbocycles. The lowest BCUT2D eigenvalue weighted by atomic mass is 9.74. The number of rotatable bonds is 12. The van der Waals surface area contributed by atoms with Gasteiger partial charge in [0.1, 0.15) is 11.8 Å². The zero-order chi connectivity index (χ0) is 28.6. The highest BCUT2D eigenvalue weighted by Gasteiger charge is 2.35. The molecular weight excluding hydrogens is 498 g/mol. The minimum Gasteiger partial charge on any atom is -0.508 e. The van der Waals surface area contributed by atoms with E-state index >= 15 is 0 Å². The molecule has 10 nitrogen and oxygen atoms in total. The second-order valence-electron chi connectivity index (χ2n) is 10.4. The zero-order valence-corrected chi connectivity index (χ0v) is 23.1. The van der Waals surface area contributed by atoms with Crippen LogP contribution in [0.4, 0.5) is 5.95 Å². The number of benzene rings is 1. The Morgan fingerprint density at radius 3 is 2.54 bits per heavy atom. The maximum atomic E-state index is 13.0. The van der Waals surface area contributed by atoms with Crippen LogP contribution in [0.25, 0.3) is 0 Å². The van der Waals surface area contributed by atoms with Crippen molar-refractivity contribution in [2.24, 2.45) is 11.3 Å². The van der Waals surface area contributed by atoms with Crippen molar-refractivity contribution in [2.75, 3.05) is 18.4 Å². The van der Waals surface area contributed by atoms with Crippen LogP contribution >= 0.6 is 0 Å². The van der Waals surface area contributed by atoms with E-state index in [2.05, 4.69) is 32.8 Å². The number of aromatic nitrogens is 2. The monoisotopic (exact) mass is 537 g/mol. The van der Waals surface area contributed by atoms with Gasteiger partial charge < -0.3 is 26.2 Å². The molecule has 210 valence electrons. The van der Waals surface area contributed by atoms with Crippen molar-refractivity contribution in [3.8, 4) is 5.75 Å². The predicted octanol–water partition coefficient (Wildman–Crippen LogP) is 3.53. The molecular formula is C29H39N5O5. The number of aryl methyl sites for hydroxylation is 3. The minimum atomic E-state index is -1.31. The molecule has 10 heteroatoms. The Kier molecular flexibility index (Phi) is 10.0. The van der Waals surface area contributed by atoms with E-state index in [4.69, 9.17) is 0 Å². The molecule has 1 aliphatic carbocycles. The lowest BCUT2D eigenvalue weighted by Crippen LogP contribution is -2.51. The van der Waals surface area contributed by atoms with Crippen LogP contribution in [0.15, 0.2) is 36.4 Å². The van der Waals surface area contributed by atoms with Gasteiger partial charge in [-0.15, -0.1) is 0 Å². The van der Waals surface area contributed by atoms with Crippen LogP contribution in [0.3, 0.4) is 0 Å². The van der Waals surface area contributed by atoms with E-state index < -0.39 is 23.3 Å². The highest BCUT2D eigenvalue weighted by molar-refractivity contribution is 5.98. The number of hydrogen-bond donors (Lipinski definition) is 5. The summed E-state index contributed by atoms with van der Waals surface area (Å²) in [6.45, 7) is 7.62. The fourth-order valence-corrected chi connectivity index (χ4v) is 4.91. The molecule has 2 aromatic rings. The number of anilines is 1. The number of carboxylic acids is 1. The standard InChI is InChI=1S/C29H39N5O5/c1-5-20-10-7-13-29(4,16-20)27(39)31-17-23(26(37)38)34-25(36)24-18(2)32-28(33-19(24)3)30-14-8-11-21-9-6-12-22(35)15-21/h6-7,9,12-13,15,20,23,35H,5,8,10-11,14,16-17H2,1-4H3,(H,31,39)(H,34,36)(H,37,38)(H,30,32,33)/t20?,23-,29?/m0/s1. The molecule has 1 aliphatic rings. The van der Waals surface area contributed by atoms with Crippen LogP contribution in [0.2, 0.25) is 0 Å². The van der Waals surface area contributed by atoms with Crippen molar-refractivity contribution in [3.63, 3.8) is 0 Å². The van der Waals surface area contributed by atoms with Gasteiger partial charge in [-0.05, 0) is 70.1 Å². The van der Waals surface area contributed by atoms with Crippen molar-refractivity contribution in [3.05, 3.63) is 58.9 Å². The molecule has 5 N–H and O–H groups in total. The zero-order valence-electron chi connectivity index (χ0n) is 23.1. The van der Waals surface area contributed by atoms with E-state index in [-0.39, 0.29) is 23.8 Å². The molecule has 39 heavy (non-hydrogen) atoms. The van der Waals surface area contributed by atoms with E-state index in [1.807, 2.05) is 25.1 Å². The Morgan fingerprint density at radius 1 is 1.18 bits per heavy atom. The molecule has 0 spiro atoms. The summed E-state index contributed by atoms with van der Waals surface area (Å²) in [4.78, 5) is 46.6. The summed E-state index contributed by atoms with van der Waals surface area (Å²) >= 11 is 0. The van der Waals surface area contributed by atoms with E-state index in [9.17, 15) is 24.6 Å². The number of aromatic hydroxyl groups is 1. The van der Waals surface area contributed by atoms with Gasteiger partial charge in [0.15, 0.2) is 0 Å². The molecule has 3 atom stereocenters. The van der Waals surface area contributed by atoms with Gasteiger partial charge in [-0.25, -0.2) is 14.8 Å². The average molecular weight is 538 g/mol. The fraction of sp³-hybridized carbons (Fsp3) is 0.483. The highest BCUT2D eigenvalue weighted by atomic mass is 16.4. The number of carboxylic acid groups (broad SMARTS) is 1. The first-order valence-electron chi connectivity index (χ1n) is 13.4. The third kappa shape index (κ3) is 8.02. The van der Waals surface area contributed by atoms with Gasteiger partial charge in [0.2, 0.25) is 11.9 Å². The number of amides is 2. The molecule has 2 amide bonds. The number of carbonyl (C=O) groups excluding carboxylic acids is 2. The largest absolute Gasteiger partial charge is 0.508 e. The number of aliphatic carboxylic acids is 1. The summed E-state index contributed by atoms with van der Waals surface area (Å²) in [6.07, 6.45) is 8.04. The molecule has 2 unspecified atom stereocenters. The molecule has 0 saturated heterocycles. The van der Waals surface area contributed by atoms with Crippen LogP contribution in [0.5, 0.6) is 5.75 Å². The molecule has 0 radical (unpaired) electrons. The van der Waals surface area contributed by atoms with Gasteiger partial charge in [0.25, 0.3) is 5.91 Å². The predicted molar refractivity (Wildman–Crippen MR) is 149 cm³/mol. The van der Waals surface area contributed by atoms with Gasteiger partial charge in [-0.2, -0.15) is 0 Å². The lowest BCUT2D eigenvalue weighted by molar-refractivity contribution is -0.139. The summed E-state index contributed by atoms with van der Waals surface area (Å²) in [7, 11) is 0. The van der Waals surface area contributed by atoms with Crippen molar-refractivity contribution < 1.29 is 24.6 Å². The summed E-state index contributed by atoms with van der Waals surface area (Å²) in [5.74, 6) is -1.11. The molecule has 3 rings (SSSR count). The van der Waals surface area contributed by atoms with Gasteiger partial charge in [0.05, 0.1) is 22.4 Å². The van der Waals surface area contributed by atoms with Gasteiger partial charge in [-0.3, -0.25) is 9.59 Å². The average Bonchev–Trinajstić information content (AvgIpc) is 2.88. The third-order valence-corrected chi connectivity index (χ3v) is 7.17. The fourth-order valence-electron chi connectivity index (χ4n) is 4.91. The van der Waals surface area contributed by atoms with Crippen molar-refractivity contribution in [2.45, 2.75) is 65.8 Å². The highest BCUT2D eigenvalue weighted by Crippen LogP contribution is 2.35. The van der Waals surface area contributed by atoms with Gasteiger partial charge >= 0.3 is 5.97 Å². The van der Waals surface area contributed by atoms with Crippen LogP contribution in [-0.4, -0.2) is 57.1 Å². The number of phenolic OH excluding ortho intramolecular Hbond substituents is 1. The molecule has 1 heterocycles. The Hall–Kier alpha value is -3.95. The summed E-state index contributed by atoms with van der Waals surface area (Å²) < 4.78 is 0. The van der Waals surface area contributed by atoms with E-state index in [1.54, 1.807) is 32.0 Å². The third-order valence-electron chi connectivity index (χ3n) is 7.17. The van der Waals surface area contributed by atoms with Crippen LogP contribution in [-0.2, 0) is 16.0 Å². The number of allylic oxidation sites excluding steroid dienone is 1. The first-order valence-corrected chi connectivity index (χ1v) is 13.4. The van der Waals surface area contributed by atoms with Gasteiger partial charge in [-0.1, -0.05) is 37.6 Å². The normalized spacial score (nSPS) is 19.2. The Morgan fingerprint density at radius 2 is 1.90 bits per heavy atom. The van der Waals surface area contributed by atoms with E-state index in [0.717, 1.165) is 31.2 Å². The maximum Gasteiger partial charge on any atom is 0.328 e. The summed E-state index contributed by atoms with van der Waals surface area (Å²) in [6, 6.07) is 5.79. The van der Waals surface area contributed by atoms with E-state index in [1.165, 1.54) is 0 Å². The molecule has 0 saturated carbocycles. The van der Waals surface area contributed by atoms with Crippen LogP contribution in [0.1, 0.15) is 66.8 Å². The minimum absolute atomic E-state index is 0.200. The Bertz CT molecular complexity index is 1210. The number of nitrogens with one attached hydrogen (secondary N) is 3.